The highest BCUT2D eigenvalue weighted by Crippen LogP contribution is 2.35. The molecule has 1 aromatic heterocycles. The van der Waals surface area contributed by atoms with Crippen molar-refractivity contribution in [3.05, 3.63) is 12.1 Å². The molecule has 1 saturated heterocycles. The van der Waals surface area contributed by atoms with Gasteiger partial charge in [0.15, 0.2) is 11.5 Å². The van der Waals surface area contributed by atoms with Crippen LogP contribution in [0.2, 0.25) is 0 Å². The summed E-state index contributed by atoms with van der Waals surface area (Å²) < 4.78 is 11.1. The summed E-state index contributed by atoms with van der Waals surface area (Å²) >= 11 is 0. The van der Waals surface area contributed by atoms with Gasteiger partial charge in [-0.15, -0.1) is 0 Å². The molecule has 1 aliphatic carbocycles. The van der Waals surface area contributed by atoms with E-state index in [4.69, 9.17) is 25.2 Å². The standard InChI is InChI=1S/C25H40N6O2/c1-32-22-16-20-21(17-23(22)33-2)29-25(27-13-7-6-12-26)30-24(20)28-18-10-14-31(15-11-18)19-8-4-3-5-9-19/h16-19H,3-15,26H2,1-2H3,(H2,27,28,29,30). The van der Waals surface area contributed by atoms with Gasteiger partial charge in [0, 0.05) is 43.2 Å². The van der Waals surface area contributed by atoms with Crippen LogP contribution in [0.3, 0.4) is 0 Å². The van der Waals surface area contributed by atoms with Gasteiger partial charge in [-0.1, -0.05) is 19.3 Å². The summed E-state index contributed by atoms with van der Waals surface area (Å²) in [6.45, 7) is 3.82. The van der Waals surface area contributed by atoms with Gasteiger partial charge in [-0.3, -0.25) is 0 Å². The van der Waals surface area contributed by atoms with E-state index in [1.165, 1.54) is 32.1 Å². The first-order valence-corrected chi connectivity index (χ1v) is 12.6. The maximum absolute atomic E-state index is 5.63. The van der Waals surface area contributed by atoms with Crippen LogP contribution in [-0.4, -0.2) is 67.4 Å². The van der Waals surface area contributed by atoms with Crippen molar-refractivity contribution < 1.29 is 9.47 Å². The van der Waals surface area contributed by atoms with Crippen molar-refractivity contribution in [3.63, 3.8) is 0 Å². The molecule has 0 amide bonds. The van der Waals surface area contributed by atoms with Crippen LogP contribution in [0.25, 0.3) is 10.9 Å². The van der Waals surface area contributed by atoms with Gasteiger partial charge in [0.2, 0.25) is 5.95 Å². The predicted octanol–water partition coefficient (Wildman–Crippen LogP) is 4.01. The topological polar surface area (TPSA) is 97.6 Å². The average Bonchev–Trinajstić information content (AvgIpc) is 2.87. The highest BCUT2D eigenvalue weighted by atomic mass is 16.5. The number of nitrogens with two attached hydrogens (primary N) is 1. The molecule has 8 heteroatoms. The highest BCUT2D eigenvalue weighted by Gasteiger charge is 2.27. The SMILES string of the molecule is COc1cc2nc(NCCCCN)nc(NC3CCN(C4CCCCC4)CC3)c2cc1OC. The second-order valence-corrected chi connectivity index (χ2v) is 9.29. The van der Waals surface area contributed by atoms with E-state index in [-0.39, 0.29) is 0 Å². The van der Waals surface area contributed by atoms with Crippen LogP contribution < -0.4 is 25.8 Å². The molecular formula is C25H40N6O2. The first-order chi connectivity index (χ1) is 16.2. The third-order valence-electron chi connectivity index (χ3n) is 7.08. The molecule has 4 rings (SSSR count). The van der Waals surface area contributed by atoms with Crippen molar-refractivity contribution in [2.24, 2.45) is 5.73 Å². The van der Waals surface area contributed by atoms with Crippen LogP contribution in [0, 0.1) is 0 Å². The summed E-state index contributed by atoms with van der Waals surface area (Å²) in [6.07, 6.45) is 11.2. The number of aromatic nitrogens is 2. The maximum Gasteiger partial charge on any atom is 0.225 e. The Morgan fingerprint density at radius 3 is 2.39 bits per heavy atom. The lowest BCUT2D eigenvalue weighted by molar-refractivity contribution is 0.126. The van der Waals surface area contributed by atoms with Gasteiger partial charge in [-0.25, -0.2) is 4.98 Å². The summed E-state index contributed by atoms with van der Waals surface area (Å²) in [4.78, 5) is 12.3. The Morgan fingerprint density at radius 1 is 0.970 bits per heavy atom. The number of nitrogens with one attached hydrogen (secondary N) is 2. The van der Waals surface area contributed by atoms with Crippen molar-refractivity contribution in [2.45, 2.75) is 69.9 Å². The summed E-state index contributed by atoms with van der Waals surface area (Å²) in [5, 5.41) is 8.06. The fourth-order valence-electron chi connectivity index (χ4n) is 5.16. The van der Waals surface area contributed by atoms with Crippen LogP contribution in [0.15, 0.2) is 12.1 Å². The zero-order chi connectivity index (χ0) is 23.0. The van der Waals surface area contributed by atoms with E-state index >= 15 is 0 Å². The third-order valence-corrected chi connectivity index (χ3v) is 7.08. The van der Waals surface area contributed by atoms with Gasteiger partial charge in [-0.05, 0) is 51.1 Å². The van der Waals surface area contributed by atoms with Crippen molar-refractivity contribution in [1.82, 2.24) is 14.9 Å². The van der Waals surface area contributed by atoms with E-state index in [1.54, 1.807) is 14.2 Å². The van der Waals surface area contributed by atoms with Gasteiger partial charge in [0.1, 0.15) is 5.82 Å². The number of benzene rings is 1. The van der Waals surface area contributed by atoms with Crippen LogP contribution >= 0.6 is 0 Å². The molecule has 33 heavy (non-hydrogen) atoms. The molecule has 0 radical (unpaired) electrons. The molecule has 0 unspecified atom stereocenters. The zero-order valence-electron chi connectivity index (χ0n) is 20.2. The van der Waals surface area contributed by atoms with Crippen LogP contribution in [0.1, 0.15) is 57.8 Å². The second kappa shape index (κ2) is 11.7. The fourth-order valence-corrected chi connectivity index (χ4v) is 5.16. The minimum Gasteiger partial charge on any atom is -0.493 e. The summed E-state index contributed by atoms with van der Waals surface area (Å²) in [7, 11) is 3.31. The van der Waals surface area contributed by atoms with E-state index in [9.17, 15) is 0 Å². The molecule has 4 N–H and O–H groups in total. The summed E-state index contributed by atoms with van der Waals surface area (Å²) in [6, 6.07) is 5.10. The number of fused-ring (bicyclic) bond motifs is 1. The minimum atomic E-state index is 0.404. The Morgan fingerprint density at radius 2 is 1.70 bits per heavy atom. The molecular weight excluding hydrogens is 416 g/mol. The molecule has 8 nitrogen and oxygen atoms in total. The van der Waals surface area contributed by atoms with Crippen molar-refractivity contribution in [1.29, 1.82) is 0 Å². The number of rotatable bonds is 10. The normalized spacial score (nSPS) is 18.4. The number of anilines is 2. The first-order valence-electron chi connectivity index (χ1n) is 12.6. The van der Waals surface area contributed by atoms with Crippen LogP contribution in [-0.2, 0) is 0 Å². The molecule has 1 aliphatic heterocycles. The van der Waals surface area contributed by atoms with Gasteiger partial charge < -0.3 is 30.7 Å². The molecule has 0 spiro atoms. The van der Waals surface area contributed by atoms with E-state index in [0.29, 0.717) is 30.0 Å². The number of methoxy groups -OCH3 is 2. The Kier molecular flexibility index (Phi) is 8.45. The number of piperidine rings is 1. The monoisotopic (exact) mass is 456 g/mol. The predicted molar refractivity (Wildman–Crippen MR) is 135 cm³/mol. The van der Waals surface area contributed by atoms with Crippen molar-refractivity contribution in [2.75, 3.05) is 51.0 Å². The molecule has 2 fully saturated rings. The molecule has 182 valence electrons. The molecule has 0 bridgehead atoms. The lowest BCUT2D eigenvalue weighted by Gasteiger charge is -2.39. The van der Waals surface area contributed by atoms with E-state index < -0.39 is 0 Å². The van der Waals surface area contributed by atoms with E-state index in [0.717, 1.165) is 68.1 Å². The molecule has 0 atom stereocenters. The Labute approximate surface area is 197 Å². The molecule has 2 aromatic rings. The lowest BCUT2D eigenvalue weighted by atomic mass is 9.92. The van der Waals surface area contributed by atoms with Gasteiger partial charge in [-0.2, -0.15) is 4.98 Å². The van der Waals surface area contributed by atoms with Gasteiger partial charge in [0.05, 0.1) is 19.7 Å². The Balaban J connectivity index is 1.51. The first kappa shape index (κ1) is 23.8. The molecule has 2 heterocycles. The van der Waals surface area contributed by atoms with Crippen LogP contribution in [0.5, 0.6) is 11.5 Å². The van der Waals surface area contributed by atoms with Gasteiger partial charge in [0.25, 0.3) is 0 Å². The summed E-state index contributed by atoms with van der Waals surface area (Å²) in [5.41, 5.74) is 6.47. The number of ether oxygens (including phenoxy) is 2. The molecule has 1 aromatic carbocycles. The number of nitrogens with zero attached hydrogens (tertiary/aromatic N) is 3. The van der Waals surface area contributed by atoms with E-state index in [2.05, 4.69) is 15.5 Å². The summed E-state index contributed by atoms with van der Waals surface area (Å²) in [5.74, 6) is 2.85. The zero-order valence-corrected chi connectivity index (χ0v) is 20.2. The largest absolute Gasteiger partial charge is 0.493 e. The second-order valence-electron chi connectivity index (χ2n) is 9.29. The number of hydrogen-bond donors (Lipinski definition) is 3. The Hall–Kier alpha value is -2.32. The average molecular weight is 457 g/mol. The number of likely N-dealkylation sites (tertiary alicyclic amines) is 1. The highest BCUT2D eigenvalue weighted by molar-refractivity contribution is 5.92. The van der Waals surface area contributed by atoms with Crippen LogP contribution in [0.4, 0.5) is 11.8 Å². The van der Waals surface area contributed by atoms with E-state index in [1.807, 2.05) is 12.1 Å². The smallest absolute Gasteiger partial charge is 0.225 e. The lowest BCUT2D eigenvalue weighted by Crippen LogP contribution is -2.45. The van der Waals surface area contributed by atoms with Crippen molar-refractivity contribution in [3.8, 4) is 11.5 Å². The third kappa shape index (κ3) is 5.98. The number of unbranched alkanes of at least 4 members (excludes halogenated alkanes) is 1. The quantitative estimate of drug-likeness (QED) is 0.462. The van der Waals surface area contributed by atoms with Crippen molar-refractivity contribution >= 4 is 22.7 Å². The minimum absolute atomic E-state index is 0.404. The molecule has 1 saturated carbocycles. The fraction of sp³-hybridized carbons (Fsp3) is 0.680. The Bertz CT molecular complexity index is 894. The molecule has 2 aliphatic rings. The maximum atomic E-state index is 5.63. The number of hydrogen-bond acceptors (Lipinski definition) is 8. The van der Waals surface area contributed by atoms with Gasteiger partial charge >= 0.3 is 0 Å².